The minimum atomic E-state index is -3.28. The number of ether oxygens (including phenoxy) is 1. The highest BCUT2D eigenvalue weighted by Crippen LogP contribution is 2.25. The molecule has 1 aliphatic carbocycles. The molecule has 1 saturated carbocycles. The summed E-state index contributed by atoms with van der Waals surface area (Å²) in [5.41, 5.74) is 5.34. The van der Waals surface area contributed by atoms with Crippen molar-refractivity contribution < 1.29 is 13.2 Å². The maximum atomic E-state index is 12.0. The first-order chi connectivity index (χ1) is 9.62. The maximum Gasteiger partial charge on any atom is 0.179 e. The van der Waals surface area contributed by atoms with E-state index in [0.717, 1.165) is 0 Å². The molecule has 2 rings (SSSR count). The average Bonchev–Trinajstić information content (AvgIpc) is 2.46. The van der Waals surface area contributed by atoms with Crippen molar-refractivity contribution in [2.45, 2.75) is 37.0 Å². The van der Waals surface area contributed by atoms with E-state index in [9.17, 15) is 8.42 Å². The fourth-order valence-corrected chi connectivity index (χ4v) is 3.73. The van der Waals surface area contributed by atoms with Crippen LogP contribution in [0.1, 0.15) is 32.1 Å². The van der Waals surface area contributed by atoms with Gasteiger partial charge in [0.1, 0.15) is 5.75 Å². The van der Waals surface area contributed by atoms with Crippen LogP contribution in [0.3, 0.4) is 0 Å². The van der Waals surface area contributed by atoms with Gasteiger partial charge in [-0.3, -0.25) is 0 Å². The van der Waals surface area contributed by atoms with Gasteiger partial charge in [-0.15, -0.1) is 0 Å². The molecule has 0 atom stereocenters. The van der Waals surface area contributed by atoms with E-state index in [2.05, 4.69) is 0 Å². The van der Waals surface area contributed by atoms with Crippen molar-refractivity contribution in [3.05, 3.63) is 24.3 Å². The lowest BCUT2D eigenvalue weighted by molar-refractivity contribution is 0.208. The molecule has 0 heterocycles. The molecular formula is C15H23NO3S. The van der Waals surface area contributed by atoms with Crippen LogP contribution in [0.5, 0.6) is 5.75 Å². The Morgan fingerprint density at radius 1 is 1.20 bits per heavy atom. The number of hydrogen-bond acceptors (Lipinski definition) is 4. The summed E-state index contributed by atoms with van der Waals surface area (Å²) in [6, 6.07) is 6.73. The van der Waals surface area contributed by atoms with Crippen LogP contribution < -0.4 is 10.5 Å². The molecule has 1 fully saturated rings. The second-order valence-corrected chi connectivity index (χ2v) is 7.51. The molecule has 0 spiro atoms. The third-order valence-electron chi connectivity index (χ3n) is 3.76. The van der Waals surface area contributed by atoms with Gasteiger partial charge in [0.05, 0.1) is 17.3 Å². The quantitative estimate of drug-likeness (QED) is 0.875. The van der Waals surface area contributed by atoms with Gasteiger partial charge in [0.2, 0.25) is 0 Å². The highest BCUT2D eigenvalue weighted by atomic mass is 32.2. The smallest absolute Gasteiger partial charge is 0.179 e. The van der Waals surface area contributed by atoms with Gasteiger partial charge in [-0.1, -0.05) is 25.3 Å². The lowest BCUT2D eigenvalue weighted by atomic mass is 9.90. The molecule has 1 aliphatic rings. The summed E-state index contributed by atoms with van der Waals surface area (Å²) in [6.07, 6.45) is 6.30. The SMILES string of the molecule is NCCS(=O)(=O)c1cccc(OCC2CCCCC2)c1. The third kappa shape index (κ3) is 4.21. The van der Waals surface area contributed by atoms with Gasteiger partial charge < -0.3 is 10.5 Å². The molecule has 0 aliphatic heterocycles. The molecule has 0 radical (unpaired) electrons. The van der Waals surface area contributed by atoms with Gasteiger partial charge >= 0.3 is 0 Å². The summed E-state index contributed by atoms with van der Waals surface area (Å²) < 4.78 is 29.7. The average molecular weight is 297 g/mol. The minimum absolute atomic E-state index is 0.0287. The summed E-state index contributed by atoms with van der Waals surface area (Å²) in [6.45, 7) is 0.815. The number of sulfone groups is 1. The molecule has 0 aromatic heterocycles. The highest BCUT2D eigenvalue weighted by Gasteiger charge is 2.16. The Kier molecular flexibility index (Phi) is 5.43. The molecule has 4 nitrogen and oxygen atoms in total. The second kappa shape index (κ2) is 7.09. The lowest BCUT2D eigenvalue weighted by Gasteiger charge is -2.21. The first-order valence-corrected chi connectivity index (χ1v) is 8.93. The zero-order valence-electron chi connectivity index (χ0n) is 11.8. The lowest BCUT2D eigenvalue weighted by Crippen LogP contribution is -2.17. The zero-order valence-corrected chi connectivity index (χ0v) is 12.6. The van der Waals surface area contributed by atoms with Crippen LogP contribution in [0.4, 0.5) is 0 Å². The molecule has 1 aromatic rings. The Labute approximate surface area is 121 Å². The predicted octanol–water partition coefficient (Wildman–Crippen LogP) is 2.38. The van der Waals surface area contributed by atoms with Gasteiger partial charge in [-0.05, 0) is 37.0 Å². The second-order valence-electron chi connectivity index (χ2n) is 5.40. The Bertz CT molecular complexity index is 522. The van der Waals surface area contributed by atoms with Crippen LogP contribution in [-0.4, -0.2) is 27.3 Å². The molecule has 0 amide bonds. The summed E-state index contributed by atoms with van der Waals surface area (Å²) in [5.74, 6) is 1.21. The van der Waals surface area contributed by atoms with Gasteiger partial charge in [-0.25, -0.2) is 8.42 Å². The minimum Gasteiger partial charge on any atom is -0.493 e. The van der Waals surface area contributed by atoms with Crippen molar-refractivity contribution in [1.82, 2.24) is 0 Å². The van der Waals surface area contributed by atoms with Crippen molar-refractivity contribution in [3.8, 4) is 5.75 Å². The monoisotopic (exact) mass is 297 g/mol. The van der Waals surface area contributed by atoms with Crippen LogP contribution in [-0.2, 0) is 9.84 Å². The molecule has 0 bridgehead atoms. The first-order valence-electron chi connectivity index (χ1n) is 7.27. The van der Waals surface area contributed by atoms with E-state index in [1.54, 1.807) is 18.2 Å². The molecule has 20 heavy (non-hydrogen) atoms. The van der Waals surface area contributed by atoms with Crippen molar-refractivity contribution >= 4 is 9.84 Å². The molecule has 5 heteroatoms. The van der Waals surface area contributed by atoms with Crippen LogP contribution in [0.25, 0.3) is 0 Å². The zero-order chi connectivity index (χ0) is 14.4. The van der Waals surface area contributed by atoms with E-state index in [0.29, 0.717) is 23.2 Å². The van der Waals surface area contributed by atoms with E-state index in [1.165, 1.54) is 32.1 Å². The highest BCUT2D eigenvalue weighted by molar-refractivity contribution is 7.91. The Hall–Kier alpha value is -1.07. The number of hydrogen-bond donors (Lipinski definition) is 1. The van der Waals surface area contributed by atoms with Crippen LogP contribution in [0.2, 0.25) is 0 Å². The third-order valence-corrected chi connectivity index (χ3v) is 5.51. The van der Waals surface area contributed by atoms with E-state index < -0.39 is 9.84 Å². The van der Waals surface area contributed by atoms with Gasteiger partial charge in [-0.2, -0.15) is 0 Å². The molecule has 2 N–H and O–H groups in total. The predicted molar refractivity (Wildman–Crippen MR) is 79.6 cm³/mol. The summed E-state index contributed by atoms with van der Waals surface area (Å²) in [7, 11) is -3.28. The van der Waals surface area contributed by atoms with Crippen molar-refractivity contribution in [3.63, 3.8) is 0 Å². The van der Waals surface area contributed by atoms with Crippen molar-refractivity contribution in [1.29, 1.82) is 0 Å². The summed E-state index contributed by atoms with van der Waals surface area (Å²) in [5, 5.41) is 0. The Morgan fingerprint density at radius 3 is 2.65 bits per heavy atom. The molecule has 112 valence electrons. The van der Waals surface area contributed by atoms with E-state index in [1.807, 2.05) is 6.07 Å². The Morgan fingerprint density at radius 2 is 1.95 bits per heavy atom. The van der Waals surface area contributed by atoms with E-state index >= 15 is 0 Å². The van der Waals surface area contributed by atoms with Crippen molar-refractivity contribution in [2.24, 2.45) is 11.7 Å². The Balaban J connectivity index is 1.98. The van der Waals surface area contributed by atoms with Gasteiger partial charge in [0.25, 0.3) is 0 Å². The van der Waals surface area contributed by atoms with Crippen LogP contribution in [0, 0.1) is 5.92 Å². The number of rotatable bonds is 6. The summed E-state index contributed by atoms with van der Waals surface area (Å²) in [4.78, 5) is 0.295. The van der Waals surface area contributed by atoms with Gasteiger partial charge in [0, 0.05) is 6.54 Å². The van der Waals surface area contributed by atoms with Crippen molar-refractivity contribution in [2.75, 3.05) is 18.9 Å². The van der Waals surface area contributed by atoms with Gasteiger partial charge in [0.15, 0.2) is 9.84 Å². The largest absolute Gasteiger partial charge is 0.493 e. The van der Waals surface area contributed by atoms with E-state index in [-0.39, 0.29) is 12.3 Å². The maximum absolute atomic E-state index is 12.0. The number of benzene rings is 1. The fourth-order valence-electron chi connectivity index (χ4n) is 2.60. The van der Waals surface area contributed by atoms with E-state index in [4.69, 9.17) is 10.5 Å². The van der Waals surface area contributed by atoms with Crippen LogP contribution >= 0.6 is 0 Å². The molecule has 1 aromatic carbocycles. The van der Waals surface area contributed by atoms with Crippen LogP contribution in [0.15, 0.2) is 29.2 Å². The molecule has 0 saturated heterocycles. The number of nitrogens with two attached hydrogens (primary N) is 1. The molecular weight excluding hydrogens is 274 g/mol. The molecule has 0 unspecified atom stereocenters. The summed E-state index contributed by atoms with van der Waals surface area (Å²) >= 11 is 0. The normalized spacial score (nSPS) is 17.1. The standard InChI is InChI=1S/C15H23NO3S/c16-9-10-20(17,18)15-8-4-7-14(11-15)19-12-13-5-2-1-3-6-13/h4,7-8,11,13H,1-3,5-6,9-10,12,16H2. The topological polar surface area (TPSA) is 69.4 Å². The first kappa shape index (κ1) is 15.3. The fraction of sp³-hybridized carbons (Fsp3) is 0.600.